The normalized spacial score (nSPS) is 10.5. The molecule has 5 heteroatoms. The molecule has 0 bridgehead atoms. The van der Waals surface area contributed by atoms with E-state index in [2.05, 4.69) is 0 Å². The minimum absolute atomic E-state index is 0.257. The second kappa shape index (κ2) is 8.50. The molecule has 2 N–H and O–H groups in total. The molecule has 0 spiro atoms. The smallest absolute Gasteiger partial charge is 0.325 e. The van der Waals surface area contributed by atoms with Gasteiger partial charge in [-0.3, -0.25) is 9.69 Å². The highest BCUT2D eigenvalue weighted by Crippen LogP contribution is 2.17. The molecular weight excluding hydrogens is 244 g/mol. The number of esters is 1. The van der Waals surface area contributed by atoms with Crippen molar-refractivity contribution in [2.45, 2.75) is 13.3 Å². The third kappa shape index (κ3) is 6.22. The van der Waals surface area contributed by atoms with Crippen molar-refractivity contribution >= 4 is 5.97 Å². The largest absolute Gasteiger partial charge is 0.494 e. The van der Waals surface area contributed by atoms with E-state index in [-0.39, 0.29) is 12.5 Å². The summed E-state index contributed by atoms with van der Waals surface area (Å²) in [5.41, 5.74) is 5.42. The van der Waals surface area contributed by atoms with E-state index >= 15 is 0 Å². The number of carbonyl (C=O) groups is 1. The molecule has 19 heavy (non-hydrogen) atoms. The topological polar surface area (TPSA) is 64.8 Å². The number of hydrogen-bond acceptors (Lipinski definition) is 5. The standard InChI is InChI=1S/C14H22N2O3/c1-3-18-12-5-7-13(8-6-12)19-14(17)11-16(2)10-4-9-15/h5-8H,3-4,9-11,15H2,1-2H3. The molecule has 0 fully saturated rings. The third-order valence-corrected chi connectivity index (χ3v) is 2.51. The molecule has 5 nitrogen and oxygen atoms in total. The van der Waals surface area contributed by atoms with Crippen LogP contribution in [0.15, 0.2) is 24.3 Å². The van der Waals surface area contributed by atoms with Gasteiger partial charge < -0.3 is 15.2 Å². The van der Waals surface area contributed by atoms with Crippen LogP contribution in [0.3, 0.4) is 0 Å². The summed E-state index contributed by atoms with van der Waals surface area (Å²) >= 11 is 0. The van der Waals surface area contributed by atoms with Crippen molar-refractivity contribution in [1.29, 1.82) is 0 Å². The molecule has 106 valence electrons. The summed E-state index contributed by atoms with van der Waals surface area (Å²) < 4.78 is 10.5. The predicted octanol–water partition coefficient (Wildman–Crippen LogP) is 1.27. The molecule has 1 rings (SSSR count). The summed E-state index contributed by atoms with van der Waals surface area (Å²) in [6.07, 6.45) is 0.868. The summed E-state index contributed by atoms with van der Waals surface area (Å²) in [6.45, 7) is 4.20. The summed E-state index contributed by atoms with van der Waals surface area (Å²) in [4.78, 5) is 13.6. The Balaban J connectivity index is 2.39. The van der Waals surface area contributed by atoms with Crippen LogP contribution in [0.1, 0.15) is 13.3 Å². The van der Waals surface area contributed by atoms with Crippen molar-refractivity contribution in [3.05, 3.63) is 24.3 Å². The second-order valence-electron chi connectivity index (χ2n) is 4.26. The lowest BCUT2D eigenvalue weighted by Gasteiger charge is -2.14. The van der Waals surface area contributed by atoms with Gasteiger partial charge >= 0.3 is 5.97 Å². The van der Waals surface area contributed by atoms with E-state index < -0.39 is 0 Å². The molecule has 0 aliphatic rings. The molecule has 0 unspecified atom stereocenters. The average molecular weight is 266 g/mol. The molecule has 0 aromatic heterocycles. The Morgan fingerprint density at radius 1 is 1.26 bits per heavy atom. The van der Waals surface area contributed by atoms with E-state index in [9.17, 15) is 4.79 Å². The third-order valence-electron chi connectivity index (χ3n) is 2.51. The van der Waals surface area contributed by atoms with Crippen LogP contribution < -0.4 is 15.2 Å². The fraction of sp³-hybridized carbons (Fsp3) is 0.500. The van der Waals surface area contributed by atoms with Crippen molar-refractivity contribution in [3.8, 4) is 11.5 Å². The van der Waals surface area contributed by atoms with Crippen LogP contribution in [-0.4, -0.2) is 44.2 Å². The summed E-state index contributed by atoms with van der Waals surface area (Å²) in [5, 5.41) is 0. The first-order valence-corrected chi connectivity index (χ1v) is 6.48. The minimum Gasteiger partial charge on any atom is -0.494 e. The van der Waals surface area contributed by atoms with Gasteiger partial charge in [0.15, 0.2) is 0 Å². The average Bonchev–Trinajstić information content (AvgIpc) is 2.39. The Kier molecular flexibility index (Phi) is 6.92. The van der Waals surface area contributed by atoms with E-state index in [0.717, 1.165) is 18.7 Å². The highest BCUT2D eigenvalue weighted by atomic mass is 16.5. The monoisotopic (exact) mass is 266 g/mol. The maximum atomic E-state index is 11.7. The predicted molar refractivity (Wildman–Crippen MR) is 74.4 cm³/mol. The van der Waals surface area contributed by atoms with Gasteiger partial charge in [0, 0.05) is 0 Å². The number of nitrogens with two attached hydrogens (primary N) is 1. The lowest BCUT2D eigenvalue weighted by atomic mass is 10.3. The maximum absolute atomic E-state index is 11.7. The van der Waals surface area contributed by atoms with Crippen LogP contribution in [0.25, 0.3) is 0 Å². The second-order valence-corrected chi connectivity index (χ2v) is 4.26. The molecule has 1 aromatic rings. The first-order chi connectivity index (χ1) is 9.15. The van der Waals surface area contributed by atoms with E-state index in [1.165, 1.54) is 0 Å². The van der Waals surface area contributed by atoms with Crippen molar-refractivity contribution in [2.24, 2.45) is 5.73 Å². The molecule has 0 saturated carbocycles. The number of benzene rings is 1. The van der Waals surface area contributed by atoms with Gasteiger partial charge in [-0.1, -0.05) is 0 Å². The molecule has 0 saturated heterocycles. The highest BCUT2D eigenvalue weighted by Gasteiger charge is 2.08. The number of nitrogens with zero attached hydrogens (tertiary/aromatic N) is 1. The summed E-state index contributed by atoms with van der Waals surface area (Å²) in [5.74, 6) is 1.02. The molecule has 0 aliphatic heterocycles. The maximum Gasteiger partial charge on any atom is 0.325 e. The van der Waals surface area contributed by atoms with Crippen LogP contribution >= 0.6 is 0 Å². The van der Waals surface area contributed by atoms with E-state index in [1.807, 2.05) is 18.9 Å². The van der Waals surface area contributed by atoms with Crippen LogP contribution in [0.2, 0.25) is 0 Å². The lowest BCUT2D eigenvalue weighted by Crippen LogP contribution is -2.30. The zero-order valence-electron chi connectivity index (χ0n) is 11.6. The van der Waals surface area contributed by atoms with Crippen LogP contribution in [0.4, 0.5) is 0 Å². The van der Waals surface area contributed by atoms with Crippen LogP contribution in [0, 0.1) is 0 Å². The summed E-state index contributed by atoms with van der Waals surface area (Å²) in [7, 11) is 1.87. The van der Waals surface area contributed by atoms with Gasteiger partial charge in [0.05, 0.1) is 13.2 Å². The van der Waals surface area contributed by atoms with E-state index in [0.29, 0.717) is 18.9 Å². The molecule has 0 aliphatic carbocycles. The minimum atomic E-state index is -0.274. The lowest BCUT2D eigenvalue weighted by molar-refractivity contribution is -0.135. The van der Waals surface area contributed by atoms with Crippen LogP contribution in [0.5, 0.6) is 11.5 Å². The zero-order chi connectivity index (χ0) is 14.1. The van der Waals surface area contributed by atoms with Gasteiger partial charge in [-0.2, -0.15) is 0 Å². The molecule has 0 heterocycles. The molecular formula is C14H22N2O3. The quantitative estimate of drug-likeness (QED) is 0.567. The Bertz CT molecular complexity index is 379. The molecule has 1 aromatic carbocycles. The van der Waals surface area contributed by atoms with Crippen molar-refractivity contribution < 1.29 is 14.3 Å². The number of carbonyl (C=O) groups excluding carboxylic acids is 1. The van der Waals surface area contributed by atoms with Gasteiger partial charge in [0.1, 0.15) is 11.5 Å². The van der Waals surface area contributed by atoms with Gasteiger partial charge in [-0.15, -0.1) is 0 Å². The molecule has 0 radical (unpaired) electrons. The van der Waals surface area contributed by atoms with E-state index in [4.69, 9.17) is 15.2 Å². The highest BCUT2D eigenvalue weighted by molar-refractivity contribution is 5.74. The molecule has 0 atom stereocenters. The number of likely N-dealkylation sites (N-methyl/N-ethyl adjacent to an activating group) is 1. The van der Waals surface area contributed by atoms with Crippen molar-refractivity contribution in [1.82, 2.24) is 4.90 Å². The van der Waals surface area contributed by atoms with Gasteiger partial charge in [-0.25, -0.2) is 0 Å². The zero-order valence-corrected chi connectivity index (χ0v) is 11.6. The van der Waals surface area contributed by atoms with E-state index in [1.54, 1.807) is 24.3 Å². The van der Waals surface area contributed by atoms with Gasteiger partial charge in [0.2, 0.25) is 0 Å². The van der Waals surface area contributed by atoms with Crippen LogP contribution in [-0.2, 0) is 4.79 Å². The fourth-order valence-corrected chi connectivity index (χ4v) is 1.59. The summed E-state index contributed by atoms with van der Waals surface area (Å²) in [6, 6.07) is 7.01. The number of rotatable bonds is 8. The Morgan fingerprint density at radius 3 is 2.47 bits per heavy atom. The Labute approximate surface area is 114 Å². The fourth-order valence-electron chi connectivity index (χ4n) is 1.59. The number of hydrogen-bond donors (Lipinski definition) is 1. The Hall–Kier alpha value is -1.59. The van der Waals surface area contributed by atoms with Gasteiger partial charge in [0.25, 0.3) is 0 Å². The number of ether oxygens (including phenoxy) is 2. The molecule has 0 amide bonds. The van der Waals surface area contributed by atoms with Crippen molar-refractivity contribution in [2.75, 3.05) is 33.3 Å². The first-order valence-electron chi connectivity index (χ1n) is 6.48. The van der Waals surface area contributed by atoms with Crippen molar-refractivity contribution in [3.63, 3.8) is 0 Å². The Morgan fingerprint density at radius 2 is 1.89 bits per heavy atom. The first kappa shape index (κ1) is 15.5. The van der Waals surface area contributed by atoms with Gasteiger partial charge in [-0.05, 0) is 57.7 Å². The SMILES string of the molecule is CCOc1ccc(OC(=O)CN(C)CCCN)cc1.